The average Bonchev–Trinajstić information content (AvgIpc) is 3.08. The number of fused-ring (bicyclic) bond motifs is 5. The number of non-ortho nitro benzene ring substituents is 1. The van der Waals surface area contributed by atoms with Crippen LogP contribution in [0.3, 0.4) is 0 Å². The molecule has 132 valence electrons. The van der Waals surface area contributed by atoms with Crippen LogP contribution in [0.15, 0.2) is 72.8 Å². The Kier molecular flexibility index (Phi) is 3.27. The number of hydrogen-bond donors (Lipinski definition) is 0. The van der Waals surface area contributed by atoms with Crippen molar-refractivity contribution >= 4 is 22.4 Å². The third-order valence-corrected chi connectivity index (χ3v) is 5.13. The molecule has 27 heavy (non-hydrogen) atoms. The molecule has 6 heteroatoms. The maximum atomic E-state index is 11.0. The van der Waals surface area contributed by atoms with Crippen LogP contribution >= 0.6 is 0 Å². The van der Waals surface area contributed by atoms with E-state index in [1.165, 1.54) is 0 Å². The van der Waals surface area contributed by atoms with Crippen LogP contribution in [-0.4, -0.2) is 21.5 Å². The molecule has 0 radical (unpaired) electrons. The average molecular weight is 356 g/mol. The minimum atomic E-state index is -0.373. The number of benzene rings is 3. The molecule has 0 saturated carbocycles. The van der Waals surface area contributed by atoms with E-state index in [1.807, 2.05) is 49.5 Å². The van der Waals surface area contributed by atoms with E-state index in [0.29, 0.717) is 0 Å². The van der Waals surface area contributed by atoms with E-state index < -0.39 is 0 Å². The highest BCUT2D eigenvalue weighted by Crippen LogP contribution is 2.43. The fraction of sp³-hybridized carbons (Fsp3) is 0.0952. The van der Waals surface area contributed by atoms with Crippen LogP contribution in [0.5, 0.6) is 0 Å². The third-order valence-electron chi connectivity index (χ3n) is 5.13. The van der Waals surface area contributed by atoms with Crippen molar-refractivity contribution in [2.75, 3.05) is 11.9 Å². The Morgan fingerprint density at radius 2 is 1.67 bits per heavy atom. The standard InChI is InChI=1S/C21H16N4O2/c1-23-18-8-4-2-6-16(18)20-22-17-7-3-5-9-19(17)24(20)21(23)14-10-12-15(13-11-14)25(26)27/h2-13,21H,1H3/t21-/m0/s1. The van der Waals surface area contributed by atoms with Crippen molar-refractivity contribution in [2.24, 2.45) is 0 Å². The van der Waals surface area contributed by atoms with Crippen LogP contribution in [0.1, 0.15) is 11.7 Å². The zero-order valence-corrected chi connectivity index (χ0v) is 14.6. The third kappa shape index (κ3) is 2.23. The topological polar surface area (TPSA) is 64.2 Å². The molecular weight excluding hydrogens is 340 g/mol. The first kappa shape index (κ1) is 15.6. The first-order valence-electron chi connectivity index (χ1n) is 8.69. The van der Waals surface area contributed by atoms with Crippen LogP contribution in [0.4, 0.5) is 11.4 Å². The fourth-order valence-corrected chi connectivity index (χ4v) is 3.90. The first-order chi connectivity index (χ1) is 13.1. The van der Waals surface area contributed by atoms with Crippen molar-refractivity contribution in [1.82, 2.24) is 9.55 Å². The van der Waals surface area contributed by atoms with Crippen LogP contribution in [0, 0.1) is 10.1 Å². The van der Waals surface area contributed by atoms with Gasteiger partial charge in [-0.2, -0.15) is 0 Å². The van der Waals surface area contributed by atoms with Crippen molar-refractivity contribution in [3.05, 3.63) is 88.5 Å². The number of rotatable bonds is 2. The zero-order valence-electron chi connectivity index (χ0n) is 14.6. The number of anilines is 1. The zero-order chi connectivity index (χ0) is 18.5. The second kappa shape index (κ2) is 5.67. The molecule has 1 atom stereocenters. The summed E-state index contributed by atoms with van der Waals surface area (Å²) in [7, 11) is 2.04. The van der Waals surface area contributed by atoms with E-state index in [9.17, 15) is 10.1 Å². The van der Waals surface area contributed by atoms with Crippen molar-refractivity contribution in [1.29, 1.82) is 0 Å². The lowest BCUT2D eigenvalue weighted by Crippen LogP contribution is -2.34. The van der Waals surface area contributed by atoms with Crippen molar-refractivity contribution in [2.45, 2.75) is 6.17 Å². The Labute approximate surface area is 155 Å². The summed E-state index contributed by atoms with van der Waals surface area (Å²) in [6.45, 7) is 0. The minimum absolute atomic E-state index is 0.0910. The van der Waals surface area contributed by atoms with Crippen molar-refractivity contribution in [3.8, 4) is 11.4 Å². The molecule has 1 aliphatic rings. The molecule has 0 N–H and O–H groups in total. The van der Waals surface area contributed by atoms with Crippen molar-refractivity contribution in [3.63, 3.8) is 0 Å². The van der Waals surface area contributed by atoms with Gasteiger partial charge in [-0.05, 0) is 42.0 Å². The molecule has 0 spiro atoms. The number of nitrogens with zero attached hydrogens (tertiary/aromatic N) is 4. The molecule has 6 nitrogen and oxygen atoms in total. The van der Waals surface area contributed by atoms with Gasteiger partial charge in [0.25, 0.3) is 5.69 Å². The summed E-state index contributed by atoms with van der Waals surface area (Å²) in [4.78, 5) is 17.7. The molecule has 4 aromatic rings. The Morgan fingerprint density at radius 3 is 2.44 bits per heavy atom. The Morgan fingerprint density at radius 1 is 0.963 bits per heavy atom. The number of imidazole rings is 1. The fourth-order valence-electron chi connectivity index (χ4n) is 3.90. The molecule has 5 rings (SSSR count). The first-order valence-corrected chi connectivity index (χ1v) is 8.69. The molecule has 0 aliphatic carbocycles. The van der Waals surface area contributed by atoms with E-state index in [4.69, 9.17) is 4.98 Å². The van der Waals surface area contributed by atoms with Gasteiger partial charge in [0.1, 0.15) is 12.0 Å². The van der Waals surface area contributed by atoms with Gasteiger partial charge < -0.3 is 4.90 Å². The van der Waals surface area contributed by atoms with Crippen molar-refractivity contribution < 1.29 is 4.92 Å². The SMILES string of the molecule is CN1c2ccccc2-c2nc3ccccc3n2[C@H]1c1ccc([N+](=O)[O-])cc1. The summed E-state index contributed by atoms with van der Waals surface area (Å²) in [5.41, 5.74) is 5.20. The van der Waals surface area contributed by atoms with E-state index in [1.54, 1.807) is 12.1 Å². The highest BCUT2D eigenvalue weighted by atomic mass is 16.6. The quantitative estimate of drug-likeness (QED) is 0.389. The molecule has 1 aromatic heterocycles. The molecule has 0 amide bonds. The predicted molar refractivity (Wildman–Crippen MR) is 105 cm³/mol. The Hall–Kier alpha value is -3.67. The van der Waals surface area contributed by atoms with Crippen LogP contribution in [0.2, 0.25) is 0 Å². The second-order valence-electron chi connectivity index (χ2n) is 6.64. The van der Waals surface area contributed by atoms with Crippen LogP contribution in [0.25, 0.3) is 22.4 Å². The number of aromatic nitrogens is 2. The summed E-state index contributed by atoms with van der Waals surface area (Å²) in [6.07, 6.45) is -0.136. The molecule has 0 bridgehead atoms. The highest BCUT2D eigenvalue weighted by molar-refractivity contribution is 5.87. The normalized spacial score (nSPS) is 15.4. The van der Waals surface area contributed by atoms with Gasteiger partial charge in [0.15, 0.2) is 0 Å². The smallest absolute Gasteiger partial charge is 0.269 e. The van der Waals surface area contributed by atoms with Gasteiger partial charge in [-0.3, -0.25) is 14.7 Å². The molecule has 0 fully saturated rings. The summed E-state index contributed by atoms with van der Waals surface area (Å²) in [5.74, 6) is 0.910. The molecule has 0 unspecified atom stereocenters. The van der Waals surface area contributed by atoms with Gasteiger partial charge in [0.05, 0.1) is 16.0 Å². The second-order valence-corrected chi connectivity index (χ2v) is 6.64. The monoisotopic (exact) mass is 356 g/mol. The Balaban J connectivity index is 1.79. The lowest BCUT2D eigenvalue weighted by atomic mass is 10.0. The largest absolute Gasteiger partial charge is 0.350 e. The molecule has 2 heterocycles. The lowest BCUT2D eigenvalue weighted by Gasteiger charge is -2.38. The number of nitro benzene ring substituents is 1. The highest BCUT2D eigenvalue weighted by Gasteiger charge is 2.32. The summed E-state index contributed by atoms with van der Waals surface area (Å²) in [6, 6.07) is 23.0. The van der Waals surface area contributed by atoms with Crippen LogP contribution in [-0.2, 0) is 0 Å². The minimum Gasteiger partial charge on any atom is -0.350 e. The molecule has 3 aromatic carbocycles. The van der Waals surface area contributed by atoms with E-state index in [2.05, 4.69) is 27.7 Å². The summed E-state index contributed by atoms with van der Waals surface area (Å²) < 4.78 is 2.21. The predicted octanol–water partition coefficient (Wildman–Crippen LogP) is 4.61. The van der Waals surface area contributed by atoms with Gasteiger partial charge in [-0.25, -0.2) is 4.98 Å². The van der Waals surface area contributed by atoms with Gasteiger partial charge in [-0.1, -0.05) is 24.3 Å². The van der Waals surface area contributed by atoms with Gasteiger partial charge in [0.2, 0.25) is 0 Å². The van der Waals surface area contributed by atoms with Gasteiger partial charge >= 0.3 is 0 Å². The summed E-state index contributed by atoms with van der Waals surface area (Å²) in [5, 5.41) is 11.0. The van der Waals surface area contributed by atoms with Gasteiger partial charge in [-0.15, -0.1) is 0 Å². The molecular formula is C21H16N4O2. The van der Waals surface area contributed by atoms with E-state index in [-0.39, 0.29) is 16.8 Å². The molecule has 0 saturated heterocycles. The maximum absolute atomic E-state index is 11.0. The molecule has 1 aliphatic heterocycles. The number of para-hydroxylation sites is 3. The number of nitro groups is 1. The lowest BCUT2D eigenvalue weighted by molar-refractivity contribution is -0.384. The van der Waals surface area contributed by atoms with Gasteiger partial charge in [0, 0.05) is 30.4 Å². The summed E-state index contributed by atoms with van der Waals surface area (Å²) >= 11 is 0. The van der Waals surface area contributed by atoms with E-state index in [0.717, 1.165) is 33.7 Å². The maximum Gasteiger partial charge on any atom is 0.269 e. The Bertz CT molecular complexity index is 1180. The van der Waals surface area contributed by atoms with E-state index >= 15 is 0 Å². The number of hydrogen-bond acceptors (Lipinski definition) is 4. The van der Waals surface area contributed by atoms with Crippen LogP contribution < -0.4 is 4.90 Å².